The third-order valence-electron chi connectivity index (χ3n) is 2.48. The smallest absolute Gasteiger partial charge is 0.236 e. The summed E-state index contributed by atoms with van der Waals surface area (Å²) in [4.78, 5) is 0. The van der Waals surface area contributed by atoms with Gasteiger partial charge in [-0.3, -0.25) is 0 Å². The molecule has 5 heteroatoms. The molecule has 0 spiro atoms. The van der Waals surface area contributed by atoms with Crippen molar-refractivity contribution in [2.24, 2.45) is 7.05 Å². The molecule has 0 aliphatic carbocycles. The van der Waals surface area contributed by atoms with Crippen molar-refractivity contribution in [1.29, 1.82) is 0 Å². The molecule has 4 nitrogen and oxygen atoms in total. The maximum atomic E-state index is 5.90. The highest BCUT2D eigenvalue weighted by Gasteiger charge is 2.11. The molecule has 0 radical (unpaired) electrons. The molecule has 2 N–H and O–H groups in total. The van der Waals surface area contributed by atoms with Gasteiger partial charge in [-0.2, -0.15) is 5.10 Å². The summed E-state index contributed by atoms with van der Waals surface area (Å²) >= 11 is 5.90. The van der Waals surface area contributed by atoms with Crippen molar-refractivity contribution in [3.05, 3.63) is 40.5 Å². The maximum Gasteiger partial charge on any atom is 0.236 e. The fourth-order valence-corrected chi connectivity index (χ4v) is 1.82. The average molecular weight is 252 g/mol. The van der Waals surface area contributed by atoms with E-state index in [0.29, 0.717) is 23.2 Å². The van der Waals surface area contributed by atoms with E-state index in [1.54, 1.807) is 11.7 Å². The summed E-state index contributed by atoms with van der Waals surface area (Å²) in [6.07, 6.45) is 0. The van der Waals surface area contributed by atoms with Crippen LogP contribution in [0.25, 0.3) is 0 Å². The highest BCUT2D eigenvalue weighted by Crippen LogP contribution is 2.24. The topological polar surface area (TPSA) is 53.1 Å². The number of hydrogen-bond acceptors (Lipinski definition) is 3. The van der Waals surface area contributed by atoms with E-state index in [-0.39, 0.29) is 0 Å². The van der Waals surface area contributed by atoms with Crippen molar-refractivity contribution in [3.8, 4) is 5.88 Å². The van der Waals surface area contributed by atoms with Gasteiger partial charge in [-0.15, -0.1) is 0 Å². The minimum atomic E-state index is 0.420. The van der Waals surface area contributed by atoms with E-state index in [9.17, 15) is 0 Å². The lowest BCUT2D eigenvalue weighted by molar-refractivity contribution is 0.280. The highest BCUT2D eigenvalue weighted by atomic mass is 35.5. The fraction of sp³-hybridized carbons (Fsp3) is 0.250. The third kappa shape index (κ3) is 2.53. The molecular weight excluding hydrogens is 238 g/mol. The molecular formula is C12H14ClN3O. The van der Waals surface area contributed by atoms with Gasteiger partial charge in [-0.05, 0) is 24.6 Å². The van der Waals surface area contributed by atoms with Gasteiger partial charge in [-0.1, -0.05) is 23.7 Å². The number of ether oxygens (including phenoxy) is 1. The van der Waals surface area contributed by atoms with Gasteiger partial charge < -0.3 is 10.5 Å². The summed E-state index contributed by atoms with van der Waals surface area (Å²) in [6, 6.07) is 7.53. The molecule has 2 rings (SSSR count). The van der Waals surface area contributed by atoms with E-state index in [1.165, 1.54) is 0 Å². The number of aryl methyl sites for hydroxylation is 2. The molecule has 1 aromatic carbocycles. The van der Waals surface area contributed by atoms with Crippen LogP contribution in [-0.2, 0) is 13.7 Å². The molecule has 0 atom stereocenters. The first-order valence-corrected chi connectivity index (χ1v) is 5.62. The van der Waals surface area contributed by atoms with Crippen LogP contribution in [0.15, 0.2) is 24.3 Å². The predicted octanol–water partition coefficient (Wildman–Crippen LogP) is 2.54. The number of halogens is 1. The third-order valence-corrected chi connectivity index (χ3v) is 2.71. The number of nitrogens with zero attached hydrogens (tertiary/aromatic N) is 2. The normalized spacial score (nSPS) is 10.5. The average Bonchev–Trinajstić information content (AvgIpc) is 2.51. The van der Waals surface area contributed by atoms with Crippen molar-refractivity contribution >= 4 is 17.3 Å². The molecule has 1 heterocycles. The summed E-state index contributed by atoms with van der Waals surface area (Å²) in [5.74, 6) is 0.586. The van der Waals surface area contributed by atoms with Gasteiger partial charge in [0.15, 0.2) is 0 Å². The number of hydrogen-bond donors (Lipinski definition) is 1. The zero-order valence-electron chi connectivity index (χ0n) is 9.77. The largest absolute Gasteiger partial charge is 0.471 e. The van der Waals surface area contributed by atoms with E-state index >= 15 is 0 Å². The lowest BCUT2D eigenvalue weighted by atomic mass is 10.2. The van der Waals surface area contributed by atoms with Gasteiger partial charge in [0.05, 0.1) is 5.69 Å². The standard InChI is InChI=1S/C12H14ClN3O/c1-8-11(14)12(16(2)15-8)17-7-9-4-3-5-10(13)6-9/h3-6H,7,14H2,1-2H3. The van der Waals surface area contributed by atoms with Crippen LogP contribution in [0.3, 0.4) is 0 Å². The van der Waals surface area contributed by atoms with E-state index in [1.807, 2.05) is 31.2 Å². The summed E-state index contributed by atoms with van der Waals surface area (Å²) < 4.78 is 7.28. The highest BCUT2D eigenvalue weighted by molar-refractivity contribution is 6.30. The van der Waals surface area contributed by atoms with Crippen molar-refractivity contribution in [3.63, 3.8) is 0 Å². The summed E-state index contributed by atoms with van der Waals surface area (Å²) in [7, 11) is 1.80. The minimum absolute atomic E-state index is 0.420. The molecule has 1 aromatic heterocycles. The number of benzene rings is 1. The Balaban J connectivity index is 2.12. The molecule has 0 saturated heterocycles. The number of anilines is 1. The Bertz CT molecular complexity index is 537. The molecule has 0 bridgehead atoms. The molecule has 90 valence electrons. The first-order valence-electron chi connectivity index (χ1n) is 5.24. The Labute approximate surface area is 105 Å². The molecule has 0 aliphatic rings. The van der Waals surface area contributed by atoms with Crippen LogP contribution >= 0.6 is 11.6 Å². The zero-order chi connectivity index (χ0) is 12.4. The van der Waals surface area contributed by atoms with Crippen molar-refractivity contribution < 1.29 is 4.74 Å². The summed E-state index contributed by atoms with van der Waals surface area (Å²) in [5.41, 5.74) is 8.21. The SMILES string of the molecule is Cc1nn(C)c(OCc2cccc(Cl)c2)c1N. The monoisotopic (exact) mass is 251 g/mol. The van der Waals surface area contributed by atoms with E-state index in [2.05, 4.69) is 5.10 Å². The van der Waals surface area contributed by atoms with Crippen LogP contribution in [-0.4, -0.2) is 9.78 Å². The Kier molecular flexibility index (Phi) is 3.24. The molecule has 0 aliphatic heterocycles. The van der Waals surface area contributed by atoms with Gasteiger partial charge in [0.25, 0.3) is 0 Å². The van der Waals surface area contributed by atoms with Gasteiger partial charge in [-0.25, -0.2) is 4.68 Å². The Morgan fingerprint density at radius 1 is 1.47 bits per heavy atom. The quantitative estimate of drug-likeness (QED) is 0.912. The molecule has 0 saturated carbocycles. The zero-order valence-corrected chi connectivity index (χ0v) is 10.5. The van der Waals surface area contributed by atoms with E-state index < -0.39 is 0 Å². The van der Waals surface area contributed by atoms with Crippen LogP contribution in [0.2, 0.25) is 5.02 Å². The first-order chi connectivity index (χ1) is 8.08. The van der Waals surface area contributed by atoms with Gasteiger partial charge in [0.2, 0.25) is 5.88 Å². The van der Waals surface area contributed by atoms with Crippen LogP contribution in [0.1, 0.15) is 11.3 Å². The van der Waals surface area contributed by atoms with Gasteiger partial charge >= 0.3 is 0 Å². The fourth-order valence-electron chi connectivity index (χ4n) is 1.60. The number of rotatable bonds is 3. The van der Waals surface area contributed by atoms with Crippen LogP contribution in [0, 0.1) is 6.92 Å². The Hall–Kier alpha value is -1.68. The lowest BCUT2D eigenvalue weighted by Crippen LogP contribution is -2.02. The Morgan fingerprint density at radius 2 is 2.24 bits per heavy atom. The van der Waals surface area contributed by atoms with E-state index in [0.717, 1.165) is 11.3 Å². The number of nitrogen functional groups attached to an aromatic ring is 1. The van der Waals surface area contributed by atoms with Crippen molar-refractivity contribution in [2.75, 3.05) is 5.73 Å². The van der Waals surface area contributed by atoms with Gasteiger partial charge in [0, 0.05) is 12.1 Å². The minimum Gasteiger partial charge on any atom is -0.471 e. The summed E-state index contributed by atoms with van der Waals surface area (Å²) in [5, 5.41) is 4.88. The maximum absolute atomic E-state index is 5.90. The second kappa shape index (κ2) is 4.67. The van der Waals surface area contributed by atoms with Crippen LogP contribution in [0.5, 0.6) is 5.88 Å². The molecule has 0 fully saturated rings. The number of nitrogens with two attached hydrogens (primary N) is 1. The Morgan fingerprint density at radius 3 is 2.82 bits per heavy atom. The van der Waals surface area contributed by atoms with E-state index in [4.69, 9.17) is 22.1 Å². The molecule has 0 unspecified atom stereocenters. The van der Waals surface area contributed by atoms with Crippen LogP contribution in [0.4, 0.5) is 5.69 Å². The van der Waals surface area contributed by atoms with Crippen molar-refractivity contribution in [1.82, 2.24) is 9.78 Å². The molecule has 0 amide bonds. The second-order valence-electron chi connectivity index (χ2n) is 3.85. The molecule has 2 aromatic rings. The number of aromatic nitrogens is 2. The second-order valence-corrected chi connectivity index (χ2v) is 4.28. The van der Waals surface area contributed by atoms with Crippen LogP contribution < -0.4 is 10.5 Å². The predicted molar refractivity (Wildman–Crippen MR) is 68.1 cm³/mol. The first kappa shape index (κ1) is 11.8. The van der Waals surface area contributed by atoms with Crippen molar-refractivity contribution in [2.45, 2.75) is 13.5 Å². The summed E-state index contributed by atoms with van der Waals surface area (Å²) in [6.45, 7) is 2.27. The van der Waals surface area contributed by atoms with Gasteiger partial charge in [0.1, 0.15) is 12.3 Å². The molecule has 17 heavy (non-hydrogen) atoms. The lowest BCUT2D eigenvalue weighted by Gasteiger charge is -2.07.